The van der Waals surface area contributed by atoms with Crippen molar-refractivity contribution in [2.45, 2.75) is 19.4 Å². The Morgan fingerprint density at radius 2 is 1.48 bits per heavy atom. The summed E-state index contributed by atoms with van der Waals surface area (Å²) in [5, 5.41) is 0.775. The van der Waals surface area contributed by atoms with Crippen molar-refractivity contribution in [3.05, 3.63) is 108 Å². The highest BCUT2D eigenvalue weighted by molar-refractivity contribution is 6.48. The van der Waals surface area contributed by atoms with E-state index in [1.54, 1.807) is 0 Å². The Kier molecular flexibility index (Phi) is 5.92. The number of halogens is 1. The summed E-state index contributed by atoms with van der Waals surface area (Å²) < 4.78 is 5.84. The average molecular weight is 349 g/mol. The summed E-state index contributed by atoms with van der Waals surface area (Å²) in [7, 11) is 0. The lowest BCUT2D eigenvalue weighted by molar-refractivity contribution is 0.306. The van der Waals surface area contributed by atoms with Crippen LogP contribution in [0.3, 0.4) is 0 Å². The van der Waals surface area contributed by atoms with E-state index in [9.17, 15) is 0 Å². The number of benzene rings is 3. The van der Waals surface area contributed by atoms with Crippen LogP contribution in [0, 0.1) is 0 Å². The van der Waals surface area contributed by atoms with Crippen molar-refractivity contribution in [2.75, 3.05) is 0 Å². The van der Waals surface area contributed by atoms with E-state index in [2.05, 4.69) is 37.3 Å². The van der Waals surface area contributed by atoms with Crippen molar-refractivity contribution in [3.63, 3.8) is 0 Å². The fourth-order valence-corrected chi connectivity index (χ4v) is 2.93. The maximum Gasteiger partial charge on any atom is 0.119 e. The first kappa shape index (κ1) is 17.3. The minimum atomic E-state index is 0.232. The summed E-state index contributed by atoms with van der Waals surface area (Å²) in [5.41, 5.74) is 3.41. The molecule has 3 rings (SSSR count). The van der Waals surface area contributed by atoms with Crippen LogP contribution in [-0.4, -0.2) is 0 Å². The molecule has 2 heteroatoms. The average Bonchev–Trinajstić information content (AvgIpc) is 2.68. The van der Waals surface area contributed by atoms with Gasteiger partial charge in [-0.05, 0) is 28.8 Å². The number of allylic oxidation sites excluding steroid dienone is 1. The largest absolute Gasteiger partial charge is 0.489 e. The van der Waals surface area contributed by atoms with Crippen LogP contribution in [0.2, 0.25) is 0 Å². The van der Waals surface area contributed by atoms with Crippen LogP contribution in [0.5, 0.6) is 5.75 Å². The van der Waals surface area contributed by atoms with Gasteiger partial charge in [-0.15, -0.1) is 0 Å². The minimum Gasteiger partial charge on any atom is -0.489 e. The predicted molar refractivity (Wildman–Crippen MR) is 106 cm³/mol. The van der Waals surface area contributed by atoms with E-state index in [4.69, 9.17) is 16.3 Å². The Balaban J connectivity index is 1.63. The Morgan fingerprint density at radius 1 is 0.880 bits per heavy atom. The monoisotopic (exact) mass is 348 g/mol. The summed E-state index contributed by atoms with van der Waals surface area (Å²) in [5.74, 6) is 1.11. The van der Waals surface area contributed by atoms with Gasteiger partial charge in [0, 0.05) is 11.0 Å². The molecule has 0 radical (unpaired) electrons. The third-order valence-electron chi connectivity index (χ3n) is 4.10. The molecule has 0 fully saturated rings. The summed E-state index contributed by atoms with van der Waals surface area (Å²) in [6, 6.07) is 28.4. The second kappa shape index (κ2) is 8.55. The Labute approximate surface area is 154 Å². The summed E-state index contributed by atoms with van der Waals surface area (Å²) >= 11 is 6.44. The molecule has 0 bridgehead atoms. The molecule has 3 aromatic carbocycles. The third kappa shape index (κ3) is 4.98. The molecule has 0 aliphatic rings. The van der Waals surface area contributed by atoms with E-state index < -0.39 is 0 Å². The zero-order valence-corrected chi connectivity index (χ0v) is 15.0. The maximum atomic E-state index is 6.44. The molecule has 1 atom stereocenters. The first-order valence-electron chi connectivity index (χ1n) is 8.42. The number of hydrogen-bond acceptors (Lipinski definition) is 1. The number of rotatable bonds is 6. The fourth-order valence-electron chi connectivity index (χ4n) is 2.62. The van der Waals surface area contributed by atoms with Crippen LogP contribution >= 0.6 is 11.6 Å². The quantitative estimate of drug-likeness (QED) is 0.484. The highest BCUT2D eigenvalue weighted by atomic mass is 35.5. The lowest BCUT2D eigenvalue weighted by Crippen LogP contribution is -1.96. The smallest absolute Gasteiger partial charge is 0.119 e. The lowest BCUT2D eigenvalue weighted by Gasteiger charge is -2.11. The van der Waals surface area contributed by atoms with Gasteiger partial charge in [-0.1, -0.05) is 97.4 Å². The Bertz CT molecular complexity index is 808. The summed E-state index contributed by atoms with van der Waals surface area (Å²) in [6.07, 6.45) is 2.08. The second-order valence-corrected chi connectivity index (χ2v) is 6.42. The molecule has 0 spiro atoms. The SMILES string of the molecule is CC(C=C(Cl)c1ccccc1)c1ccc(OCc2ccccc2)cc1. The molecule has 0 saturated heterocycles. The van der Waals surface area contributed by atoms with Gasteiger partial charge in [0.1, 0.15) is 12.4 Å². The highest BCUT2D eigenvalue weighted by Crippen LogP contribution is 2.27. The van der Waals surface area contributed by atoms with Crippen molar-refractivity contribution < 1.29 is 4.74 Å². The molecule has 0 saturated carbocycles. The Morgan fingerprint density at radius 3 is 2.12 bits per heavy atom. The first-order chi connectivity index (χ1) is 12.2. The van der Waals surface area contributed by atoms with Gasteiger partial charge in [-0.3, -0.25) is 0 Å². The van der Waals surface area contributed by atoms with Gasteiger partial charge < -0.3 is 4.74 Å². The van der Waals surface area contributed by atoms with Crippen LogP contribution < -0.4 is 4.74 Å². The van der Waals surface area contributed by atoms with Gasteiger partial charge in [0.15, 0.2) is 0 Å². The van der Waals surface area contributed by atoms with Crippen LogP contribution in [0.1, 0.15) is 29.5 Å². The van der Waals surface area contributed by atoms with Crippen LogP contribution in [0.4, 0.5) is 0 Å². The number of ether oxygens (including phenoxy) is 1. The van der Waals surface area contributed by atoms with E-state index in [-0.39, 0.29) is 5.92 Å². The minimum absolute atomic E-state index is 0.232. The van der Waals surface area contributed by atoms with Gasteiger partial charge >= 0.3 is 0 Å². The van der Waals surface area contributed by atoms with Gasteiger partial charge in [0.2, 0.25) is 0 Å². The molecule has 126 valence electrons. The van der Waals surface area contributed by atoms with Crippen molar-refractivity contribution in [1.82, 2.24) is 0 Å². The van der Waals surface area contributed by atoms with E-state index in [1.807, 2.05) is 60.7 Å². The highest BCUT2D eigenvalue weighted by Gasteiger charge is 2.06. The topological polar surface area (TPSA) is 9.23 Å². The maximum absolute atomic E-state index is 6.44. The van der Waals surface area contributed by atoms with E-state index in [0.717, 1.165) is 21.9 Å². The molecule has 25 heavy (non-hydrogen) atoms. The van der Waals surface area contributed by atoms with Crippen molar-refractivity contribution in [3.8, 4) is 5.75 Å². The molecule has 0 aliphatic carbocycles. The molecule has 1 unspecified atom stereocenters. The van der Waals surface area contributed by atoms with E-state index >= 15 is 0 Å². The molecule has 0 N–H and O–H groups in total. The van der Waals surface area contributed by atoms with Crippen LogP contribution in [-0.2, 0) is 6.61 Å². The van der Waals surface area contributed by atoms with Gasteiger partial charge in [-0.2, -0.15) is 0 Å². The molecule has 0 aliphatic heterocycles. The van der Waals surface area contributed by atoms with Crippen LogP contribution in [0.15, 0.2) is 91.0 Å². The normalized spacial score (nSPS) is 12.6. The van der Waals surface area contributed by atoms with Crippen molar-refractivity contribution in [1.29, 1.82) is 0 Å². The second-order valence-electron chi connectivity index (χ2n) is 6.01. The van der Waals surface area contributed by atoms with Crippen LogP contribution in [0.25, 0.3) is 5.03 Å². The molecule has 3 aromatic rings. The fraction of sp³-hybridized carbons (Fsp3) is 0.130. The zero-order chi connectivity index (χ0) is 17.5. The van der Waals surface area contributed by atoms with E-state index in [0.29, 0.717) is 6.61 Å². The summed E-state index contributed by atoms with van der Waals surface area (Å²) in [6.45, 7) is 2.72. The Hall–Kier alpha value is -2.51. The van der Waals surface area contributed by atoms with Crippen molar-refractivity contribution in [2.24, 2.45) is 0 Å². The van der Waals surface area contributed by atoms with Crippen molar-refractivity contribution >= 4 is 16.6 Å². The van der Waals surface area contributed by atoms with Gasteiger partial charge in [-0.25, -0.2) is 0 Å². The number of hydrogen-bond donors (Lipinski definition) is 0. The molecule has 1 nitrogen and oxygen atoms in total. The first-order valence-corrected chi connectivity index (χ1v) is 8.79. The summed E-state index contributed by atoms with van der Waals surface area (Å²) in [4.78, 5) is 0. The predicted octanol–water partition coefficient (Wildman–Crippen LogP) is 6.65. The third-order valence-corrected chi connectivity index (χ3v) is 4.44. The van der Waals surface area contributed by atoms with Gasteiger partial charge in [0.05, 0.1) is 0 Å². The molecule has 0 heterocycles. The zero-order valence-electron chi connectivity index (χ0n) is 14.2. The van der Waals surface area contributed by atoms with Gasteiger partial charge in [0.25, 0.3) is 0 Å². The van der Waals surface area contributed by atoms with E-state index in [1.165, 1.54) is 5.56 Å². The molecular weight excluding hydrogens is 328 g/mol. The molecule has 0 amide bonds. The molecular formula is C23H21ClO. The lowest BCUT2D eigenvalue weighted by atomic mass is 9.99. The molecule has 0 aromatic heterocycles. The standard InChI is InChI=1S/C23H21ClO/c1-18(16-23(24)21-10-6-3-7-11-21)20-12-14-22(15-13-20)25-17-19-8-4-2-5-9-19/h2-16,18H,17H2,1H3.